The zero-order chi connectivity index (χ0) is 15.1. The third-order valence-electron chi connectivity index (χ3n) is 3.39. The number of ether oxygens (including phenoxy) is 1. The second kappa shape index (κ2) is 7.52. The Labute approximate surface area is 123 Å². The molecular weight excluding hydrogens is 272 g/mol. The lowest BCUT2D eigenvalue weighted by molar-refractivity contribution is -0.136. The Morgan fingerprint density at radius 2 is 1.90 bits per heavy atom. The van der Waals surface area contributed by atoms with Crippen molar-refractivity contribution in [2.75, 3.05) is 19.6 Å². The Morgan fingerprint density at radius 3 is 2.52 bits per heavy atom. The van der Waals surface area contributed by atoms with E-state index in [1.165, 1.54) is 0 Å². The zero-order valence-electron chi connectivity index (χ0n) is 11.8. The van der Waals surface area contributed by atoms with E-state index in [0.29, 0.717) is 13.1 Å². The number of para-hydroxylation sites is 1. The van der Waals surface area contributed by atoms with E-state index in [1.807, 2.05) is 30.3 Å². The zero-order valence-corrected chi connectivity index (χ0v) is 11.8. The van der Waals surface area contributed by atoms with E-state index in [9.17, 15) is 9.59 Å². The topological polar surface area (TPSA) is 78.9 Å². The highest BCUT2D eigenvalue weighted by Crippen LogP contribution is 2.18. The molecule has 0 saturated carbocycles. The summed E-state index contributed by atoms with van der Waals surface area (Å²) >= 11 is 0. The normalized spacial score (nSPS) is 15.5. The summed E-state index contributed by atoms with van der Waals surface area (Å²) in [7, 11) is 0. The molecule has 1 fully saturated rings. The minimum absolute atomic E-state index is 0.0562. The van der Waals surface area contributed by atoms with E-state index in [1.54, 1.807) is 4.90 Å². The van der Waals surface area contributed by atoms with Crippen LogP contribution in [0.1, 0.15) is 19.3 Å². The summed E-state index contributed by atoms with van der Waals surface area (Å²) in [5.41, 5.74) is 0. The highest BCUT2D eigenvalue weighted by atomic mass is 16.5. The highest BCUT2D eigenvalue weighted by molar-refractivity contribution is 5.75. The number of carbonyl (C=O) groups is 2. The summed E-state index contributed by atoms with van der Waals surface area (Å²) in [6.07, 6.45) is 1.62. The Balaban J connectivity index is 1.70. The number of urea groups is 1. The fourth-order valence-electron chi connectivity index (χ4n) is 2.26. The standard InChI is InChI=1S/C15H20N2O4/c18-14(19)6-9-16-15(20)17-10-7-13(8-11-17)21-12-4-2-1-3-5-12/h1-5,13H,6-11H2,(H,16,20)(H,18,19). The molecule has 1 aliphatic rings. The van der Waals surface area contributed by atoms with Gasteiger partial charge in [-0.2, -0.15) is 0 Å². The third kappa shape index (κ3) is 4.98. The monoisotopic (exact) mass is 292 g/mol. The predicted molar refractivity (Wildman–Crippen MR) is 77.3 cm³/mol. The van der Waals surface area contributed by atoms with Crippen LogP contribution < -0.4 is 10.1 Å². The molecule has 6 nitrogen and oxygen atoms in total. The Kier molecular flexibility index (Phi) is 5.43. The number of piperidine rings is 1. The average Bonchev–Trinajstić information content (AvgIpc) is 2.48. The van der Waals surface area contributed by atoms with Crippen molar-refractivity contribution in [3.8, 4) is 5.75 Å². The van der Waals surface area contributed by atoms with E-state index in [2.05, 4.69) is 5.32 Å². The number of nitrogens with one attached hydrogen (secondary N) is 1. The van der Waals surface area contributed by atoms with Crippen molar-refractivity contribution in [1.82, 2.24) is 10.2 Å². The molecule has 114 valence electrons. The molecule has 6 heteroatoms. The molecule has 1 aliphatic heterocycles. The first-order valence-electron chi connectivity index (χ1n) is 7.11. The molecule has 1 heterocycles. The van der Waals surface area contributed by atoms with Gasteiger partial charge in [0.05, 0.1) is 6.42 Å². The molecule has 0 aliphatic carbocycles. The molecule has 21 heavy (non-hydrogen) atoms. The van der Waals surface area contributed by atoms with Crippen LogP contribution in [-0.4, -0.2) is 47.7 Å². The molecule has 1 saturated heterocycles. The second-order valence-corrected chi connectivity index (χ2v) is 4.99. The van der Waals surface area contributed by atoms with Crippen molar-refractivity contribution in [1.29, 1.82) is 0 Å². The lowest BCUT2D eigenvalue weighted by Crippen LogP contribution is -2.46. The van der Waals surface area contributed by atoms with Gasteiger partial charge in [-0.3, -0.25) is 4.79 Å². The number of amides is 2. The number of likely N-dealkylation sites (tertiary alicyclic amines) is 1. The summed E-state index contributed by atoms with van der Waals surface area (Å²) in [5, 5.41) is 11.1. The molecule has 0 aromatic heterocycles. The summed E-state index contributed by atoms with van der Waals surface area (Å²) < 4.78 is 5.86. The van der Waals surface area contributed by atoms with Crippen molar-refractivity contribution in [3.05, 3.63) is 30.3 Å². The predicted octanol–water partition coefficient (Wildman–Crippen LogP) is 1.71. The maximum Gasteiger partial charge on any atom is 0.317 e. The fraction of sp³-hybridized carbons (Fsp3) is 0.467. The molecule has 0 bridgehead atoms. The maximum absolute atomic E-state index is 11.8. The van der Waals surface area contributed by atoms with Crippen molar-refractivity contribution in [2.45, 2.75) is 25.4 Å². The maximum atomic E-state index is 11.8. The fourth-order valence-corrected chi connectivity index (χ4v) is 2.26. The van der Waals surface area contributed by atoms with E-state index in [-0.39, 0.29) is 25.1 Å². The minimum atomic E-state index is -0.912. The number of nitrogens with zero attached hydrogens (tertiary/aromatic N) is 1. The number of carboxylic acid groups (broad SMARTS) is 1. The van der Waals surface area contributed by atoms with Crippen molar-refractivity contribution < 1.29 is 19.4 Å². The van der Waals surface area contributed by atoms with Gasteiger partial charge in [-0.1, -0.05) is 18.2 Å². The first kappa shape index (κ1) is 15.2. The molecule has 1 aromatic rings. The van der Waals surface area contributed by atoms with Gasteiger partial charge in [0.1, 0.15) is 11.9 Å². The van der Waals surface area contributed by atoms with Crippen LogP contribution >= 0.6 is 0 Å². The van der Waals surface area contributed by atoms with Crippen molar-refractivity contribution in [2.24, 2.45) is 0 Å². The molecule has 1 aromatic carbocycles. The number of carboxylic acids is 1. The van der Waals surface area contributed by atoms with Gasteiger partial charge in [0, 0.05) is 32.5 Å². The molecule has 0 unspecified atom stereocenters. The number of hydrogen-bond acceptors (Lipinski definition) is 3. The van der Waals surface area contributed by atoms with Crippen molar-refractivity contribution >= 4 is 12.0 Å². The van der Waals surface area contributed by atoms with Crippen LogP contribution in [-0.2, 0) is 4.79 Å². The number of hydrogen-bond donors (Lipinski definition) is 2. The van der Waals surface area contributed by atoms with Crippen molar-refractivity contribution in [3.63, 3.8) is 0 Å². The van der Waals surface area contributed by atoms with E-state index >= 15 is 0 Å². The van der Waals surface area contributed by atoms with Crippen LogP contribution in [0.5, 0.6) is 5.75 Å². The molecule has 2 N–H and O–H groups in total. The summed E-state index contributed by atoms with van der Waals surface area (Å²) in [6.45, 7) is 1.40. The minimum Gasteiger partial charge on any atom is -0.490 e. The van der Waals surface area contributed by atoms with E-state index in [4.69, 9.17) is 9.84 Å². The average molecular weight is 292 g/mol. The number of aliphatic carboxylic acids is 1. The van der Waals surface area contributed by atoms with Gasteiger partial charge in [-0.25, -0.2) is 4.79 Å². The Bertz CT molecular complexity index is 470. The van der Waals surface area contributed by atoms with E-state index in [0.717, 1.165) is 18.6 Å². The van der Waals surface area contributed by atoms with Gasteiger partial charge in [0.2, 0.25) is 0 Å². The van der Waals surface area contributed by atoms with Crippen LogP contribution in [0, 0.1) is 0 Å². The lowest BCUT2D eigenvalue weighted by atomic mass is 10.1. The molecule has 2 rings (SSSR count). The van der Waals surface area contributed by atoms with Crippen LogP contribution in [0.25, 0.3) is 0 Å². The molecule has 0 radical (unpaired) electrons. The van der Waals surface area contributed by atoms with Gasteiger partial charge >= 0.3 is 12.0 Å². The van der Waals surface area contributed by atoms with E-state index < -0.39 is 5.97 Å². The Hall–Kier alpha value is -2.24. The molecule has 0 atom stereocenters. The van der Waals surface area contributed by atoms with Gasteiger partial charge < -0.3 is 20.1 Å². The highest BCUT2D eigenvalue weighted by Gasteiger charge is 2.23. The Morgan fingerprint density at radius 1 is 1.24 bits per heavy atom. The van der Waals surface area contributed by atoms with Crippen LogP contribution in [0.15, 0.2) is 30.3 Å². The van der Waals surface area contributed by atoms with Gasteiger partial charge in [-0.15, -0.1) is 0 Å². The SMILES string of the molecule is O=C(O)CCNC(=O)N1CCC(Oc2ccccc2)CC1. The summed E-state index contributed by atoms with van der Waals surface area (Å²) in [6, 6.07) is 9.45. The van der Waals surface area contributed by atoms with Crippen LogP contribution in [0.2, 0.25) is 0 Å². The molecule has 0 spiro atoms. The number of benzene rings is 1. The van der Waals surface area contributed by atoms with Gasteiger partial charge in [0.25, 0.3) is 0 Å². The number of rotatable bonds is 5. The van der Waals surface area contributed by atoms with Crippen LogP contribution in [0.3, 0.4) is 0 Å². The quantitative estimate of drug-likeness (QED) is 0.866. The number of carbonyl (C=O) groups excluding carboxylic acids is 1. The first-order valence-corrected chi connectivity index (χ1v) is 7.11. The van der Waals surface area contributed by atoms with Gasteiger partial charge in [0.15, 0.2) is 0 Å². The molecule has 2 amide bonds. The summed E-state index contributed by atoms with van der Waals surface area (Å²) in [5.74, 6) is -0.0628. The lowest BCUT2D eigenvalue weighted by Gasteiger charge is -2.32. The third-order valence-corrected chi connectivity index (χ3v) is 3.39. The van der Waals surface area contributed by atoms with Gasteiger partial charge in [-0.05, 0) is 12.1 Å². The van der Waals surface area contributed by atoms with Crippen LogP contribution in [0.4, 0.5) is 4.79 Å². The second-order valence-electron chi connectivity index (χ2n) is 4.99. The molecular formula is C15H20N2O4. The first-order chi connectivity index (χ1) is 10.1. The summed E-state index contributed by atoms with van der Waals surface area (Å²) in [4.78, 5) is 23.9. The largest absolute Gasteiger partial charge is 0.490 e. The smallest absolute Gasteiger partial charge is 0.317 e.